The van der Waals surface area contributed by atoms with Crippen LogP contribution in [-0.4, -0.2) is 28.8 Å². The number of rotatable bonds is 6. The zero-order valence-corrected chi connectivity index (χ0v) is 18.0. The predicted octanol–water partition coefficient (Wildman–Crippen LogP) is 5.28. The van der Waals surface area contributed by atoms with Crippen molar-refractivity contribution >= 4 is 34.0 Å². The number of hydrogen-bond acceptors (Lipinski definition) is 6. The van der Waals surface area contributed by atoms with Gasteiger partial charge in [0.1, 0.15) is 17.4 Å². The molecule has 1 unspecified atom stereocenters. The molecule has 0 radical (unpaired) electrons. The van der Waals surface area contributed by atoms with Gasteiger partial charge in [-0.3, -0.25) is 9.59 Å². The molecule has 1 N–H and O–H groups in total. The van der Waals surface area contributed by atoms with Gasteiger partial charge >= 0.3 is 0 Å². The molecular weight excluding hydrogens is 426 g/mol. The quantitative estimate of drug-likeness (QED) is 0.409. The minimum absolute atomic E-state index is 0.0272. The molecule has 2 aromatic carbocycles. The standard InChI is InChI=1S/C25H19NO5S/c1-30-17-8-4-6-15(12-17)14-26-22(20-10-5-11-32-20)21(24(28)25(26)29)23(27)19-13-16-7-2-3-9-18(16)31-19/h2-13,22,28H,14H2,1H3. The van der Waals surface area contributed by atoms with Crippen LogP contribution >= 0.6 is 11.3 Å². The number of carbonyl (C=O) groups is 2. The van der Waals surface area contributed by atoms with Crippen LogP contribution in [-0.2, 0) is 11.3 Å². The van der Waals surface area contributed by atoms with Crippen molar-refractivity contribution in [1.29, 1.82) is 0 Å². The van der Waals surface area contributed by atoms with Crippen LogP contribution in [0.5, 0.6) is 5.75 Å². The molecule has 0 bridgehead atoms. The zero-order valence-electron chi connectivity index (χ0n) is 17.1. The summed E-state index contributed by atoms with van der Waals surface area (Å²) in [5.41, 5.74) is 1.42. The van der Waals surface area contributed by atoms with Crippen LogP contribution < -0.4 is 4.74 Å². The lowest BCUT2D eigenvalue weighted by molar-refractivity contribution is -0.130. The number of aliphatic hydroxyl groups is 1. The van der Waals surface area contributed by atoms with Crippen molar-refractivity contribution in [3.63, 3.8) is 0 Å². The Balaban J connectivity index is 1.56. The smallest absolute Gasteiger partial charge is 0.290 e. The molecule has 0 saturated carbocycles. The van der Waals surface area contributed by atoms with Gasteiger partial charge in [-0.15, -0.1) is 11.3 Å². The van der Waals surface area contributed by atoms with Crippen LogP contribution in [0.4, 0.5) is 0 Å². The molecule has 1 aliphatic heterocycles. The van der Waals surface area contributed by atoms with Crippen molar-refractivity contribution in [3.05, 3.63) is 99.6 Å². The van der Waals surface area contributed by atoms with Crippen LogP contribution in [0.1, 0.15) is 27.0 Å². The van der Waals surface area contributed by atoms with Crippen LogP contribution in [0.3, 0.4) is 0 Å². The number of ether oxygens (including phenoxy) is 1. The minimum Gasteiger partial charge on any atom is -0.503 e. The number of fused-ring (bicyclic) bond motifs is 1. The summed E-state index contributed by atoms with van der Waals surface area (Å²) in [6, 6.07) is 19.3. The van der Waals surface area contributed by atoms with E-state index in [0.29, 0.717) is 11.3 Å². The average Bonchev–Trinajstić information content (AvgIpc) is 3.54. The van der Waals surface area contributed by atoms with E-state index in [-0.39, 0.29) is 17.9 Å². The number of Topliss-reactive ketones (excluding diaryl/α,β-unsaturated/α-hetero) is 1. The second kappa shape index (κ2) is 8.01. The third-order valence-electron chi connectivity index (χ3n) is 5.50. The van der Waals surface area contributed by atoms with Gasteiger partial charge in [0.05, 0.1) is 12.7 Å². The fourth-order valence-corrected chi connectivity index (χ4v) is 4.83. The predicted molar refractivity (Wildman–Crippen MR) is 121 cm³/mol. The van der Waals surface area contributed by atoms with Crippen LogP contribution in [0, 0.1) is 0 Å². The fraction of sp³-hybridized carbons (Fsp3) is 0.120. The van der Waals surface area contributed by atoms with E-state index in [4.69, 9.17) is 9.15 Å². The van der Waals surface area contributed by atoms with Gasteiger partial charge in [-0.05, 0) is 41.3 Å². The molecular formula is C25H19NO5S. The average molecular weight is 445 g/mol. The Kier molecular flexibility index (Phi) is 5.03. The summed E-state index contributed by atoms with van der Waals surface area (Å²) < 4.78 is 11.0. The Morgan fingerprint density at radius 3 is 2.72 bits per heavy atom. The summed E-state index contributed by atoms with van der Waals surface area (Å²) >= 11 is 1.42. The van der Waals surface area contributed by atoms with Gasteiger partial charge < -0.3 is 19.2 Å². The maximum Gasteiger partial charge on any atom is 0.290 e. The largest absolute Gasteiger partial charge is 0.503 e. The number of amides is 1. The van der Waals surface area contributed by atoms with Crippen molar-refractivity contribution in [2.75, 3.05) is 7.11 Å². The Bertz CT molecular complexity index is 1320. The number of nitrogens with zero attached hydrogens (tertiary/aromatic N) is 1. The molecule has 0 saturated heterocycles. The van der Waals surface area contributed by atoms with Gasteiger partial charge in [0.2, 0.25) is 5.78 Å². The molecule has 3 heterocycles. The third kappa shape index (κ3) is 3.36. The second-order valence-corrected chi connectivity index (χ2v) is 8.42. The van der Waals surface area contributed by atoms with Crippen LogP contribution in [0.15, 0.2) is 87.9 Å². The van der Waals surface area contributed by atoms with Crippen molar-refractivity contribution in [2.45, 2.75) is 12.6 Å². The summed E-state index contributed by atoms with van der Waals surface area (Å²) in [5.74, 6) is -0.885. The van der Waals surface area contributed by atoms with Gasteiger partial charge in [0, 0.05) is 16.8 Å². The monoisotopic (exact) mass is 445 g/mol. The summed E-state index contributed by atoms with van der Waals surface area (Å²) in [7, 11) is 1.58. The molecule has 5 rings (SSSR count). The molecule has 7 heteroatoms. The lowest BCUT2D eigenvalue weighted by Gasteiger charge is -2.25. The van der Waals surface area contributed by atoms with E-state index in [1.54, 1.807) is 19.2 Å². The van der Waals surface area contributed by atoms with Gasteiger partial charge in [0.25, 0.3) is 5.91 Å². The summed E-state index contributed by atoms with van der Waals surface area (Å²) in [4.78, 5) is 28.9. The maximum atomic E-state index is 13.5. The van der Waals surface area contributed by atoms with E-state index < -0.39 is 23.5 Å². The Morgan fingerprint density at radius 1 is 1.12 bits per heavy atom. The second-order valence-electron chi connectivity index (χ2n) is 7.44. The van der Waals surface area contributed by atoms with E-state index >= 15 is 0 Å². The van der Waals surface area contributed by atoms with E-state index in [2.05, 4.69) is 0 Å². The first-order valence-corrected chi connectivity index (χ1v) is 10.9. The van der Waals surface area contributed by atoms with Crippen molar-refractivity contribution in [3.8, 4) is 5.75 Å². The topological polar surface area (TPSA) is 80.0 Å². The first kappa shape index (κ1) is 20.1. The van der Waals surface area contributed by atoms with Crippen LogP contribution in [0.25, 0.3) is 11.0 Å². The number of methoxy groups -OCH3 is 1. The highest BCUT2D eigenvalue weighted by atomic mass is 32.1. The Labute approximate surface area is 188 Å². The van der Waals surface area contributed by atoms with Crippen molar-refractivity contribution in [1.82, 2.24) is 4.90 Å². The Hall–Kier alpha value is -3.84. The number of aliphatic hydroxyl groups excluding tert-OH is 1. The number of thiophene rings is 1. The number of hydrogen-bond donors (Lipinski definition) is 1. The van der Waals surface area contributed by atoms with Gasteiger partial charge in [-0.2, -0.15) is 0 Å². The summed E-state index contributed by atoms with van der Waals surface area (Å²) in [5, 5.41) is 13.4. The van der Waals surface area contributed by atoms with E-state index in [0.717, 1.165) is 15.8 Å². The Morgan fingerprint density at radius 2 is 1.97 bits per heavy atom. The lowest BCUT2D eigenvalue weighted by atomic mass is 10.00. The number of ketones is 1. The number of benzene rings is 2. The highest BCUT2D eigenvalue weighted by Crippen LogP contribution is 2.42. The van der Waals surface area contributed by atoms with Gasteiger partial charge in [0.15, 0.2) is 11.5 Å². The number of para-hydroxylation sites is 1. The third-order valence-corrected chi connectivity index (χ3v) is 6.42. The van der Waals surface area contributed by atoms with Crippen molar-refractivity contribution in [2.24, 2.45) is 0 Å². The van der Waals surface area contributed by atoms with Crippen LogP contribution in [0.2, 0.25) is 0 Å². The van der Waals surface area contributed by atoms with E-state index in [1.807, 2.05) is 60.0 Å². The van der Waals surface area contributed by atoms with Gasteiger partial charge in [-0.1, -0.05) is 36.4 Å². The molecule has 0 spiro atoms. The number of furan rings is 1. The summed E-state index contributed by atoms with van der Waals surface area (Å²) in [6.45, 7) is 0.208. The molecule has 0 aliphatic carbocycles. The van der Waals surface area contributed by atoms with E-state index in [1.165, 1.54) is 16.2 Å². The SMILES string of the molecule is COc1cccc(CN2C(=O)C(O)=C(C(=O)c3cc4ccccc4o3)C2c2cccs2)c1. The normalized spacial score (nSPS) is 16.2. The van der Waals surface area contributed by atoms with Gasteiger partial charge in [-0.25, -0.2) is 0 Å². The highest BCUT2D eigenvalue weighted by Gasteiger charge is 2.45. The maximum absolute atomic E-state index is 13.5. The first-order valence-electron chi connectivity index (χ1n) is 10.0. The van der Waals surface area contributed by atoms with E-state index in [9.17, 15) is 14.7 Å². The minimum atomic E-state index is -0.714. The lowest BCUT2D eigenvalue weighted by Crippen LogP contribution is -2.30. The molecule has 2 aromatic heterocycles. The molecule has 1 aliphatic rings. The highest BCUT2D eigenvalue weighted by molar-refractivity contribution is 7.10. The molecule has 4 aromatic rings. The first-order chi connectivity index (χ1) is 15.6. The molecule has 0 fully saturated rings. The molecule has 6 nitrogen and oxygen atoms in total. The summed E-state index contributed by atoms with van der Waals surface area (Å²) in [6.07, 6.45) is 0. The molecule has 1 amide bonds. The fourth-order valence-electron chi connectivity index (χ4n) is 3.99. The zero-order chi connectivity index (χ0) is 22.2. The number of carbonyl (C=O) groups excluding carboxylic acids is 2. The van der Waals surface area contributed by atoms with Crippen molar-refractivity contribution < 1.29 is 23.8 Å². The molecule has 1 atom stereocenters. The molecule has 32 heavy (non-hydrogen) atoms. The molecule has 160 valence electrons.